The summed E-state index contributed by atoms with van der Waals surface area (Å²) in [5.74, 6) is 0.103. The maximum atomic E-state index is 11.7. The molecule has 6 heteroatoms. The second kappa shape index (κ2) is 7.58. The Balaban J connectivity index is 2.69. The van der Waals surface area contributed by atoms with Crippen LogP contribution < -0.4 is 11.1 Å². The maximum absolute atomic E-state index is 11.7. The molecule has 0 unspecified atom stereocenters. The predicted octanol–water partition coefficient (Wildman–Crippen LogP) is 1.20. The molecule has 1 rings (SSSR count). The van der Waals surface area contributed by atoms with Crippen molar-refractivity contribution in [1.29, 1.82) is 0 Å². The quantitative estimate of drug-likeness (QED) is 0.722. The Bertz CT molecular complexity index is 423. The Kier molecular flexibility index (Phi) is 6.08. The molecule has 1 aromatic heterocycles. The van der Waals surface area contributed by atoms with Gasteiger partial charge in [-0.3, -0.25) is 0 Å². The summed E-state index contributed by atoms with van der Waals surface area (Å²) in [5, 5.41) is 3.13. The smallest absolute Gasteiger partial charge is 0.340 e. The van der Waals surface area contributed by atoms with Crippen LogP contribution in [0.3, 0.4) is 0 Å². The minimum Gasteiger partial charge on any atom is -0.462 e. The zero-order valence-corrected chi connectivity index (χ0v) is 11.8. The molecule has 0 atom stereocenters. The number of nitrogens with two attached hydrogens (primary N) is 1. The molecule has 1 aromatic rings. The van der Waals surface area contributed by atoms with Gasteiger partial charge in [0.15, 0.2) is 0 Å². The van der Waals surface area contributed by atoms with Crippen LogP contribution in [0.1, 0.15) is 24.2 Å². The second-order valence-electron chi connectivity index (χ2n) is 4.16. The Morgan fingerprint density at radius 2 is 2.26 bits per heavy atom. The van der Waals surface area contributed by atoms with E-state index in [1.165, 1.54) is 0 Å². The van der Waals surface area contributed by atoms with E-state index in [1.54, 1.807) is 19.2 Å². The third kappa shape index (κ3) is 4.40. The molecule has 0 amide bonds. The molecule has 0 bridgehead atoms. The van der Waals surface area contributed by atoms with Crippen LogP contribution in [0.15, 0.2) is 12.3 Å². The van der Waals surface area contributed by atoms with Gasteiger partial charge in [0, 0.05) is 19.3 Å². The summed E-state index contributed by atoms with van der Waals surface area (Å²) >= 11 is 0. The van der Waals surface area contributed by atoms with Crippen LogP contribution >= 0.6 is 0 Å². The van der Waals surface area contributed by atoms with E-state index < -0.39 is 5.97 Å². The molecule has 0 aliphatic heterocycles. The maximum Gasteiger partial charge on any atom is 0.340 e. The van der Waals surface area contributed by atoms with E-state index in [2.05, 4.69) is 22.1 Å². The minimum atomic E-state index is -0.420. The van der Waals surface area contributed by atoms with E-state index >= 15 is 0 Å². The average molecular weight is 266 g/mol. The van der Waals surface area contributed by atoms with Gasteiger partial charge in [-0.2, -0.15) is 0 Å². The molecule has 0 fully saturated rings. The number of pyridine rings is 1. The van der Waals surface area contributed by atoms with Crippen molar-refractivity contribution >= 4 is 17.5 Å². The van der Waals surface area contributed by atoms with Crippen molar-refractivity contribution in [1.82, 2.24) is 9.88 Å². The second-order valence-corrected chi connectivity index (χ2v) is 4.16. The lowest BCUT2D eigenvalue weighted by Crippen LogP contribution is -2.25. The molecule has 0 aliphatic carbocycles. The third-order valence-corrected chi connectivity index (χ3v) is 2.81. The van der Waals surface area contributed by atoms with E-state index in [-0.39, 0.29) is 0 Å². The highest BCUT2D eigenvalue weighted by Crippen LogP contribution is 2.20. The van der Waals surface area contributed by atoms with Gasteiger partial charge in [0.1, 0.15) is 5.82 Å². The number of carbonyl (C=O) groups is 1. The highest BCUT2D eigenvalue weighted by molar-refractivity contribution is 5.97. The van der Waals surface area contributed by atoms with E-state index in [1.807, 2.05) is 7.05 Å². The van der Waals surface area contributed by atoms with Crippen molar-refractivity contribution in [2.45, 2.75) is 13.8 Å². The fraction of sp³-hybridized carbons (Fsp3) is 0.538. The molecule has 19 heavy (non-hydrogen) atoms. The normalized spacial score (nSPS) is 10.5. The van der Waals surface area contributed by atoms with Crippen LogP contribution in [0.5, 0.6) is 0 Å². The van der Waals surface area contributed by atoms with Crippen LogP contribution in [-0.4, -0.2) is 49.1 Å². The number of nitrogens with zero attached hydrogens (tertiary/aromatic N) is 2. The standard InChI is InChI=1S/C13H22N4O2/c1-4-17(3)9-8-16-12-11(14)10(6-7-15-12)13(18)19-5-2/h6-7H,4-5,8-9,14H2,1-3H3,(H,15,16). The molecule has 0 saturated heterocycles. The first-order valence-electron chi connectivity index (χ1n) is 6.44. The number of anilines is 2. The fourth-order valence-corrected chi connectivity index (χ4v) is 1.52. The SMILES string of the molecule is CCOC(=O)c1ccnc(NCCN(C)CC)c1N. The first-order valence-corrected chi connectivity index (χ1v) is 6.44. The number of esters is 1. The summed E-state index contributed by atoms with van der Waals surface area (Å²) in [4.78, 5) is 18.0. The number of nitrogen functional groups attached to an aromatic ring is 1. The Labute approximate surface area is 113 Å². The lowest BCUT2D eigenvalue weighted by Gasteiger charge is -2.15. The van der Waals surface area contributed by atoms with Gasteiger partial charge < -0.3 is 20.7 Å². The van der Waals surface area contributed by atoms with Crippen LogP contribution in [0.4, 0.5) is 11.5 Å². The zero-order chi connectivity index (χ0) is 14.3. The molecule has 0 spiro atoms. The monoisotopic (exact) mass is 266 g/mol. The summed E-state index contributed by atoms with van der Waals surface area (Å²) in [6.45, 7) is 6.75. The number of ether oxygens (including phenoxy) is 1. The largest absolute Gasteiger partial charge is 0.462 e. The molecule has 1 heterocycles. The molecule has 6 nitrogen and oxygen atoms in total. The molecule has 0 radical (unpaired) electrons. The molecule has 106 valence electrons. The minimum absolute atomic E-state index is 0.324. The lowest BCUT2D eigenvalue weighted by atomic mass is 10.2. The molecular weight excluding hydrogens is 244 g/mol. The van der Waals surface area contributed by atoms with Crippen molar-refractivity contribution < 1.29 is 9.53 Å². The van der Waals surface area contributed by atoms with Gasteiger partial charge in [0.2, 0.25) is 0 Å². The first-order chi connectivity index (χ1) is 9.10. The summed E-state index contributed by atoms with van der Waals surface area (Å²) in [6, 6.07) is 1.57. The predicted molar refractivity (Wildman–Crippen MR) is 76.3 cm³/mol. The number of hydrogen-bond donors (Lipinski definition) is 2. The fourth-order valence-electron chi connectivity index (χ4n) is 1.52. The highest BCUT2D eigenvalue weighted by Gasteiger charge is 2.14. The van der Waals surface area contributed by atoms with Crippen molar-refractivity contribution in [3.8, 4) is 0 Å². The Hall–Kier alpha value is -1.82. The van der Waals surface area contributed by atoms with Gasteiger partial charge in [-0.25, -0.2) is 9.78 Å². The highest BCUT2D eigenvalue weighted by atomic mass is 16.5. The number of rotatable bonds is 7. The molecule has 0 aromatic carbocycles. The molecule has 3 N–H and O–H groups in total. The Morgan fingerprint density at radius 3 is 2.89 bits per heavy atom. The summed E-state index contributed by atoms with van der Waals surface area (Å²) in [6.07, 6.45) is 1.55. The van der Waals surface area contributed by atoms with Crippen LogP contribution in [0.25, 0.3) is 0 Å². The number of carbonyl (C=O) groups excluding carboxylic acids is 1. The van der Waals surface area contributed by atoms with Crippen LogP contribution in [0, 0.1) is 0 Å². The third-order valence-electron chi connectivity index (χ3n) is 2.81. The van der Waals surface area contributed by atoms with Gasteiger partial charge in [0.05, 0.1) is 17.9 Å². The van der Waals surface area contributed by atoms with E-state index in [0.717, 1.165) is 13.1 Å². The van der Waals surface area contributed by atoms with Crippen molar-refractivity contribution in [2.24, 2.45) is 0 Å². The number of aromatic nitrogens is 1. The summed E-state index contributed by atoms with van der Waals surface area (Å²) < 4.78 is 4.94. The number of likely N-dealkylation sites (N-methyl/N-ethyl adjacent to an activating group) is 1. The van der Waals surface area contributed by atoms with Gasteiger partial charge >= 0.3 is 5.97 Å². The van der Waals surface area contributed by atoms with E-state index in [9.17, 15) is 4.79 Å². The first kappa shape index (κ1) is 15.2. The number of nitrogens with one attached hydrogen (secondary N) is 1. The summed E-state index contributed by atoms with van der Waals surface area (Å²) in [7, 11) is 2.04. The van der Waals surface area contributed by atoms with Gasteiger partial charge in [-0.1, -0.05) is 6.92 Å². The van der Waals surface area contributed by atoms with Gasteiger partial charge in [-0.15, -0.1) is 0 Å². The molecular formula is C13H22N4O2. The van der Waals surface area contributed by atoms with E-state index in [0.29, 0.717) is 30.2 Å². The lowest BCUT2D eigenvalue weighted by molar-refractivity contribution is 0.0527. The summed E-state index contributed by atoms with van der Waals surface area (Å²) in [5.41, 5.74) is 6.61. The van der Waals surface area contributed by atoms with Crippen molar-refractivity contribution in [3.63, 3.8) is 0 Å². The van der Waals surface area contributed by atoms with Crippen molar-refractivity contribution in [3.05, 3.63) is 17.8 Å². The van der Waals surface area contributed by atoms with Crippen molar-refractivity contribution in [2.75, 3.05) is 44.3 Å². The molecule has 0 saturated carbocycles. The topological polar surface area (TPSA) is 80.5 Å². The zero-order valence-electron chi connectivity index (χ0n) is 11.8. The van der Waals surface area contributed by atoms with Crippen LogP contribution in [-0.2, 0) is 4.74 Å². The Morgan fingerprint density at radius 1 is 1.53 bits per heavy atom. The van der Waals surface area contributed by atoms with Gasteiger partial charge in [-0.05, 0) is 26.6 Å². The van der Waals surface area contributed by atoms with E-state index in [4.69, 9.17) is 10.5 Å². The van der Waals surface area contributed by atoms with Crippen LogP contribution in [0.2, 0.25) is 0 Å². The number of hydrogen-bond acceptors (Lipinski definition) is 6. The van der Waals surface area contributed by atoms with Gasteiger partial charge in [0.25, 0.3) is 0 Å². The molecule has 0 aliphatic rings. The average Bonchev–Trinajstić information content (AvgIpc) is 2.40.